The zero-order valence-electron chi connectivity index (χ0n) is 19.2. The third-order valence-corrected chi connectivity index (χ3v) is 8.03. The van der Waals surface area contributed by atoms with E-state index in [0.717, 1.165) is 21.5 Å². The van der Waals surface area contributed by atoms with Gasteiger partial charge in [0.25, 0.3) is 0 Å². The van der Waals surface area contributed by atoms with Gasteiger partial charge in [0.15, 0.2) is 17.5 Å². The number of aliphatic hydroxyl groups excluding tert-OH is 2. The van der Waals surface area contributed by atoms with Crippen LogP contribution in [0.3, 0.4) is 0 Å². The summed E-state index contributed by atoms with van der Waals surface area (Å²) in [6.45, 7) is -0.400. The lowest BCUT2D eigenvalue weighted by Crippen LogP contribution is -2.55. The van der Waals surface area contributed by atoms with Crippen molar-refractivity contribution in [1.29, 1.82) is 0 Å². The Morgan fingerprint density at radius 3 is 2.66 bits per heavy atom. The van der Waals surface area contributed by atoms with E-state index in [2.05, 4.69) is 36.2 Å². The average molecular weight is 630 g/mol. The van der Waals surface area contributed by atoms with Crippen molar-refractivity contribution in [3.63, 3.8) is 0 Å². The molecule has 3 aromatic heterocycles. The third kappa shape index (κ3) is 5.78. The number of thioether (sulfide) groups is 1. The first-order chi connectivity index (χ1) is 18.3. The zero-order valence-corrected chi connectivity index (χ0v) is 22.4. The minimum Gasteiger partial charge on any atom is -0.394 e. The van der Waals surface area contributed by atoms with Crippen molar-refractivity contribution in [3.05, 3.63) is 75.3 Å². The van der Waals surface area contributed by atoms with Gasteiger partial charge in [-0.3, -0.25) is 4.98 Å². The maximum atomic E-state index is 13.8. The number of thiazole rings is 1. The molecule has 1 aliphatic rings. The minimum atomic E-state index is -1.59. The summed E-state index contributed by atoms with van der Waals surface area (Å²) in [6, 6.07) is 2.51. The summed E-state index contributed by atoms with van der Waals surface area (Å²) in [5.74, 6) is -4.33. The van der Waals surface area contributed by atoms with Crippen molar-refractivity contribution in [2.75, 3.05) is 6.61 Å². The van der Waals surface area contributed by atoms with E-state index >= 15 is 0 Å². The fourth-order valence-corrected chi connectivity index (χ4v) is 6.19. The van der Waals surface area contributed by atoms with E-state index < -0.39 is 53.8 Å². The lowest BCUT2D eigenvalue weighted by Gasteiger charge is -2.43. The first-order valence-electron chi connectivity index (χ1n) is 11.1. The summed E-state index contributed by atoms with van der Waals surface area (Å²) in [5.41, 5.74) is -0.745. The fraction of sp³-hybridized carbons (Fsp3) is 0.304. The minimum absolute atomic E-state index is 0.0423. The molecule has 0 aliphatic carbocycles. The summed E-state index contributed by atoms with van der Waals surface area (Å²) in [7, 11) is 0. The topological polar surface area (TPSA) is 115 Å². The standard InChI is InChI=1S/C23H19BrF3N5O4S2/c24-12-5-13(7-28-6-12)38-23-22(35-10-18-29-1-2-37-18)20(21(34)17(9-33)36-23)32-8-16(30-31-32)11-3-14(25)19(27)15(26)4-11/h1-8,17,20-23,33-34H,9-10H2. The largest absolute Gasteiger partial charge is 0.394 e. The highest BCUT2D eigenvalue weighted by Gasteiger charge is 2.48. The van der Waals surface area contributed by atoms with Crippen LogP contribution in [-0.4, -0.2) is 65.5 Å². The van der Waals surface area contributed by atoms with E-state index in [0.29, 0.717) is 5.01 Å². The molecule has 5 rings (SSSR count). The molecule has 1 saturated heterocycles. The van der Waals surface area contributed by atoms with Crippen LogP contribution >= 0.6 is 39.0 Å². The van der Waals surface area contributed by atoms with Crippen LogP contribution in [-0.2, 0) is 16.1 Å². The number of pyridine rings is 1. The van der Waals surface area contributed by atoms with E-state index in [1.807, 2.05) is 6.07 Å². The Kier molecular flexibility index (Phi) is 8.42. The number of benzene rings is 1. The quantitative estimate of drug-likeness (QED) is 0.279. The lowest BCUT2D eigenvalue weighted by molar-refractivity contribution is -0.196. The normalized spacial score (nSPS) is 23.6. The second-order valence-corrected chi connectivity index (χ2v) is 11.3. The molecule has 15 heteroatoms. The Morgan fingerprint density at radius 2 is 1.97 bits per heavy atom. The van der Waals surface area contributed by atoms with Crippen LogP contribution in [0.1, 0.15) is 11.0 Å². The molecule has 0 radical (unpaired) electrons. The van der Waals surface area contributed by atoms with Crippen LogP contribution in [0.15, 0.2) is 57.7 Å². The number of hydrogen-bond acceptors (Lipinski definition) is 10. The Balaban J connectivity index is 1.51. The lowest BCUT2D eigenvalue weighted by atomic mass is 9.97. The Bertz CT molecular complexity index is 1380. The average Bonchev–Trinajstić information content (AvgIpc) is 3.59. The maximum absolute atomic E-state index is 13.8. The van der Waals surface area contributed by atoms with Crippen molar-refractivity contribution in [3.8, 4) is 11.3 Å². The number of nitrogens with zero attached hydrogens (tertiary/aromatic N) is 5. The summed E-state index contributed by atoms with van der Waals surface area (Å²) < 4.78 is 55.4. The van der Waals surface area contributed by atoms with Gasteiger partial charge in [-0.25, -0.2) is 22.8 Å². The van der Waals surface area contributed by atoms with Gasteiger partial charge in [-0.05, 0) is 34.1 Å². The Labute approximate surface area is 230 Å². The summed E-state index contributed by atoms with van der Waals surface area (Å²) in [6.07, 6.45) is 3.11. The molecule has 5 unspecified atom stereocenters. The fourth-order valence-electron chi connectivity index (χ4n) is 3.98. The first-order valence-corrected chi connectivity index (χ1v) is 13.7. The van der Waals surface area contributed by atoms with Gasteiger partial charge in [-0.2, -0.15) is 0 Å². The summed E-state index contributed by atoms with van der Waals surface area (Å²) >= 11 is 6.05. The number of aliphatic hydroxyl groups is 2. The predicted octanol–water partition coefficient (Wildman–Crippen LogP) is 3.97. The maximum Gasteiger partial charge on any atom is 0.194 e. The van der Waals surface area contributed by atoms with Crippen molar-refractivity contribution in [2.45, 2.75) is 41.3 Å². The van der Waals surface area contributed by atoms with Crippen LogP contribution < -0.4 is 0 Å². The molecule has 4 aromatic rings. The highest BCUT2D eigenvalue weighted by atomic mass is 79.9. The molecule has 1 aliphatic heterocycles. The molecule has 0 amide bonds. The van der Waals surface area contributed by atoms with Crippen LogP contribution in [0.5, 0.6) is 0 Å². The molecular weight excluding hydrogens is 611 g/mol. The van der Waals surface area contributed by atoms with Gasteiger partial charge in [0.05, 0.1) is 19.4 Å². The molecular formula is C23H19BrF3N5O4S2. The first kappa shape index (κ1) is 27.2. The molecule has 9 nitrogen and oxygen atoms in total. The molecule has 4 heterocycles. The summed E-state index contributed by atoms with van der Waals surface area (Å²) in [4.78, 5) is 9.12. The smallest absolute Gasteiger partial charge is 0.194 e. The molecule has 5 atom stereocenters. The molecule has 38 heavy (non-hydrogen) atoms. The van der Waals surface area contributed by atoms with E-state index in [1.165, 1.54) is 34.0 Å². The van der Waals surface area contributed by atoms with Crippen molar-refractivity contribution in [2.24, 2.45) is 0 Å². The Hall–Kier alpha value is -2.40. The van der Waals surface area contributed by atoms with Gasteiger partial charge in [0, 0.05) is 38.9 Å². The molecule has 200 valence electrons. The second-order valence-electron chi connectivity index (χ2n) is 8.20. The molecule has 0 saturated carbocycles. The number of halogens is 4. The van der Waals surface area contributed by atoms with Crippen LogP contribution in [0.4, 0.5) is 13.2 Å². The SMILES string of the molecule is OCC1OC(Sc2cncc(Br)c2)C(OCc2nccs2)C(n2cc(-c3cc(F)c(F)c(F)c3)nn2)C1O. The van der Waals surface area contributed by atoms with Crippen LogP contribution in [0, 0.1) is 17.5 Å². The molecule has 0 bridgehead atoms. The second kappa shape index (κ2) is 11.8. The van der Waals surface area contributed by atoms with Gasteiger partial charge in [0.2, 0.25) is 0 Å². The highest BCUT2D eigenvalue weighted by molar-refractivity contribution is 9.10. The predicted molar refractivity (Wildman–Crippen MR) is 135 cm³/mol. The number of ether oxygens (including phenoxy) is 2. The summed E-state index contributed by atoms with van der Waals surface area (Å²) in [5, 5.41) is 31.7. The van der Waals surface area contributed by atoms with E-state index in [9.17, 15) is 23.4 Å². The van der Waals surface area contributed by atoms with Crippen molar-refractivity contribution in [1.82, 2.24) is 25.0 Å². The zero-order chi connectivity index (χ0) is 26.8. The van der Waals surface area contributed by atoms with Gasteiger partial charge in [0.1, 0.15) is 40.5 Å². The van der Waals surface area contributed by atoms with E-state index in [1.54, 1.807) is 24.0 Å². The molecule has 0 spiro atoms. The number of aromatic nitrogens is 5. The molecule has 1 fully saturated rings. The van der Waals surface area contributed by atoms with Crippen molar-refractivity contribution >= 4 is 39.0 Å². The number of rotatable bonds is 8. The molecule has 2 N–H and O–H groups in total. The highest BCUT2D eigenvalue weighted by Crippen LogP contribution is 2.40. The van der Waals surface area contributed by atoms with Gasteiger partial charge in [-0.1, -0.05) is 17.0 Å². The van der Waals surface area contributed by atoms with Gasteiger partial charge in [-0.15, -0.1) is 16.4 Å². The Morgan fingerprint density at radius 1 is 1.18 bits per heavy atom. The van der Waals surface area contributed by atoms with E-state index in [4.69, 9.17) is 9.47 Å². The van der Waals surface area contributed by atoms with Crippen molar-refractivity contribution < 1.29 is 32.9 Å². The third-order valence-electron chi connectivity index (χ3n) is 5.73. The number of hydrogen-bond donors (Lipinski definition) is 2. The van der Waals surface area contributed by atoms with Crippen LogP contribution in [0.2, 0.25) is 0 Å². The molecule has 1 aromatic carbocycles. The van der Waals surface area contributed by atoms with Gasteiger partial charge < -0.3 is 19.7 Å². The van der Waals surface area contributed by atoms with Crippen LogP contribution in [0.25, 0.3) is 11.3 Å². The van der Waals surface area contributed by atoms with Gasteiger partial charge >= 0.3 is 0 Å². The van der Waals surface area contributed by atoms with E-state index in [-0.39, 0.29) is 17.9 Å². The monoisotopic (exact) mass is 629 g/mol.